The first-order valence-corrected chi connectivity index (χ1v) is 4.01. The largest absolute Gasteiger partial charge is 0.308 e. The first-order valence-electron chi connectivity index (χ1n) is 4.01. The fourth-order valence-corrected chi connectivity index (χ4v) is 1.43. The number of hydrogen-bond donors (Lipinski definition) is 4. The minimum atomic E-state index is 0.249. The van der Waals surface area contributed by atoms with Gasteiger partial charge in [-0.3, -0.25) is 10.2 Å². The van der Waals surface area contributed by atoms with Crippen LogP contribution in [0.4, 0.5) is 0 Å². The van der Waals surface area contributed by atoms with Gasteiger partial charge in [-0.15, -0.1) is 0 Å². The summed E-state index contributed by atoms with van der Waals surface area (Å²) in [5.41, 5.74) is 2.97. The fraction of sp³-hybridized carbons (Fsp3) is 1.00. The average molecular weight is 158 g/mol. The summed E-state index contributed by atoms with van der Waals surface area (Å²) in [5.74, 6) is 0. The van der Waals surface area contributed by atoms with Crippen molar-refractivity contribution < 1.29 is 4.84 Å². The van der Waals surface area contributed by atoms with Crippen LogP contribution in [0.25, 0.3) is 0 Å². The predicted molar refractivity (Wildman–Crippen MR) is 40.7 cm³/mol. The Labute approximate surface area is 65.8 Å². The van der Waals surface area contributed by atoms with E-state index in [1.54, 1.807) is 0 Å². The van der Waals surface area contributed by atoms with E-state index in [4.69, 9.17) is 4.84 Å². The van der Waals surface area contributed by atoms with Crippen LogP contribution in [0.3, 0.4) is 0 Å². The normalized spacial score (nSPS) is 39.3. The third kappa shape index (κ3) is 1.69. The van der Waals surface area contributed by atoms with E-state index >= 15 is 0 Å². The van der Waals surface area contributed by atoms with Crippen LogP contribution in [0.15, 0.2) is 0 Å². The van der Waals surface area contributed by atoms with Gasteiger partial charge in [0.15, 0.2) is 0 Å². The summed E-state index contributed by atoms with van der Waals surface area (Å²) in [7, 11) is 0. The lowest BCUT2D eigenvalue weighted by Crippen LogP contribution is -2.63. The molecule has 0 bridgehead atoms. The van der Waals surface area contributed by atoms with E-state index in [1.807, 2.05) is 0 Å². The Hall–Kier alpha value is -0.200. The molecule has 5 nitrogen and oxygen atoms in total. The second-order valence-electron chi connectivity index (χ2n) is 2.84. The van der Waals surface area contributed by atoms with Gasteiger partial charge in [0.1, 0.15) is 0 Å². The lowest BCUT2D eigenvalue weighted by molar-refractivity contribution is 0.0161. The van der Waals surface area contributed by atoms with Gasteiger partial charge in [-0.25, -0.2) is 0 Å². The Morgan fingerprint density at radius 1 is 1.27 bits per heavy atom. The summed E-state index contributed by atoms with van der Waals surface area (Å²) in [5, 5.41) is 9.86. The van der Waals surface area contributed by atoms with Crippen molar-refractivity contribution in [3.63, 3.8) is 0 Å². The molecule has 2 aliphatic heterocycles. The Kier molecular flexibility index (Phi) is 2.35. The summed E-state index contributed by atoms with van der Waals surface area (Å²) in [6, 6.07) is 0.436. The molecule has 2 saturated heterocycles. The third-order valence-corrected chi connectivity index (χ3v) is 2.03. The molecule has 5 heteroatoms. The van der Waals surface area contributed by atoms with Crippen LogP contribution >= 0.6 is 0 Å². The standard InChI is InChI=1S/C6H14N4O/c1-2-11-10-6-5(8-1)3-7-4-9-6/h5-10H,1-4H2. The maximum Gasteiger partial charge on any atom is 0.0989 e. The summed E-state index contributed by atoms with van der Waals surface area (Å²) in [4.78, 5) is 5.16. The smallest absolute Gasteiger partial charge is 0.0989 e. The van der Waals surface area contributed by atoms with Gasteiger partial charge in [0, 0.05) is 19.8 Å². The first kappa shape index (κ1) is 7.45. The topological polar surface area (TPSA) is 57.4 Å². The van der Waals surface area contributed by atoms with Gasteiger partial charge in [-0.1, -0.05) is 0 Å². The van der Waals surface area contributed by atoms with E-state index in [9.17, 15) is 0 Å². The van der Waals surface area contributed by atoms with Crippen molar-refractivity contribution >= 4 is 0 Å². The molecule has 0 spiro atoms. The molecule has 11 heavy (non-hydrogen) atoms. The molecular formula is C6H14N4O. The highest BCUT2D eigenvalue weighted by molar-refractivity contribution is 4.84. The number of nitrogens with one attached hydrogen (secondary N) is 4. The molecular weight excluding hydrogens is 144 g/mol. The molecule has 0 amide bonds. The van der Waals surface area contributed by atoms with Crippen LogP contribution in [-0.4, -0.2) is 38.6 Å². The minimum Gasteiger partial charge on any atom is -0.308 e. The van der Waals surface area contributed by atoms with Gasteiger partial charge in [0.05, 0.1) is 18.8 Å². The summed E-state index contributed by atoms with van der Waals surface area (Å²) in [6.45, 7) is 3.49. The highest BCUT2D eigenvalue weighted by atomic mass is 16.6. The molecule has 2 aliphatic rings. The van der Waals surface area contributed by atoms with E-state index in [1.165, 1.54) is 0 Å². The lowest BCUT2D eigenvalue weighted by Gasteiger charge is -2.31. The molecule has 2 fully saturated rings. The maximum absolute atomic E-state index is 5.16. The zero-order valence-corrected chi connectivity index (χ0v) is 6.39. The van der Waals surface area contributed by atoms with Crippen LogP contribution in [0.5, 0.6) is 0 Å². The number of hydrogen-bond acceptors (Lipinski definition) is 5. The van der Waals surface area contributed by atoms with Gasteiger partial charge in [-0.05, 0) is 0 Å². The molecule has 0 aromatic rings. The van der Waals surface area contributed by atoms with Crippen molar-refractivity contribution in [3.8, 4) is 0 Å². The van der Waals surface area contributed by atoms with E-state index < -0.39 is 0 Å². The highest BCUT2D eigenvalue weighted by Crippen LogP contribution is 1.96. The van der Waals surface area contributed by atoms with Crippen LogP contribution in [-0.2, 0) is 4.84 Å². The molecule has 2 unspecified atom stereocenters. The van der Waals surface area contributed by atoms with Crippen LogP contribution < -0.4 is 21.4 Å². The van der Waals surface area contributed by atoms with E-state index in [2.05, 4.69) is 21.4 Å². The Morgan fingerprint density at radius 3 is 3.27 bits per heavy atom. The second kappa shape index (κ2) is 3.46. The van der Waals surface area contributed by atoms with Crippen LogP contribution in [0.2, 0.25) is 0 Å². The number of fused-ring (bicyclic) bond motifs is 1. The monoisotopic (exact) mass is 158 g/mol. The van der Waals surface area contributed by atoms with Gasteiger partial charge in [0.25, 0.3) is 0 Å². The van der Waals surface area contributed by atoms with Crippen molar-refractivity contribution in [2.45, 2.75) is 12.2 Å². The summed E-state index contributed by atoms with van der Waals surface area (Å²) < 4.78 is 0. The molecule has 2 rings (SSSR count). The van der Waals surface area contributed by atoms with Gasteiger partial charge >= 0.3 is 0 Å². The molecule has 2 atom stereocenters. The molecule has 0 saturated carbocycles. The lowest BCUT2D eigenvalue weighted by atomic mass is 10.2. The van der Waals surface area contributed by atoms with E-state index in [-0.39, 0.29) is 6.17 Å². The van der Waals surface area contributed by atoms with E-state index in [0.29, 0.717) is 6.04 Å². The minimum absolute atomic E-state index is 0.249. The molecule has 0 aromatic carbocycles. The Balaban J connectivity index is 1.93. The Morgan fingerprint density at radius 2 is 2.27 bits per heavy atom. The van der Waals surface area contributed by atoms with Crippen LogP contribution in [0.1, 0.15) is 0 Å². The SMILES string of the molecule is C1CONC2NCNCC2N1. The van der Waals surface area contributed by atoms with Crippen molar-refractivity contribution in [2.24, 2.45) is 0 Å². The quantitative estimate of drug-likeness (QED) is 0.327. The highest BCUT2D eigenvalue weighted by Gasteiger charge is 2.25. The molecule has 0 radical (unpaired) electrons. The molecule has 64 valence electrons. The van der Waals surface area contributed by atoms with E-state index in [0.717, 1.165) is 26.4 Å². The third-order valence-electron chi connectivity index (χ3n) is 2.03. The zero-order chi connectivity index (χ0) is 7.52. The molecule has 2 heterocycles. The fourth-order valence-electron chi connectivity index (χ4n) is 1.43. The Bertz CT molecular complexity index is 118. The number of rotatable bonds is 0. The summed E-state index contributed by atoms with van der Waals surface area (Å²) in [6.07, 6.45) is 0.249. The van der Waals surface area contributed by atoms with Crippen LogP contribution in [0, 0.1) is 0 Å². The van der Waals surface area contributed by atoms with Gasteiger partial charge < -0.3 is 10.6 Å². The maximum atomic E-state index is 5.16. The second-order valence-corrected chi connectivity index (χ2v) is 2.84. The molecule has 0 aliphatic carbocycles. The average Bonchev–Trinajstić information content (AvgIpc) is 2.28. The van der Waals surface area contributed by atoms with Gasteiger partial charge in [0.2, 0.25) is 0 Å². The van der Waals surface area contributed by atoms with Crippen molar-refractivity contribution in [3.05, 3.63) is 0 Å². The zero-order valence-electron chi connectivity index (χ0n) is 6.39. The van der Waals surface area contributed by atoms with Crippen molar-refractivity contribution in [1.82, 2.24) is 21.4 Å². The molecule has 4 N–H and O–H groups in total. The van der Waals surface area contributed by atoms with Crippen molar-refractivity contribution in [2.75, 3.05) is 26.4 Å². The first-order chi connectivity index (χ1) is 5.47. The van der Waals surface area contributed by atoms with Crippen molar-refractivity contribution in [1.29, 1.82) is 0 Å². The predicted octanol–water partition coefficient (Wildman–Crippen LogP) is -2.04. The van der Waals surface area contributed by atoms with Gasteiger partial charge in [-0.2, -0.15) is 5.48 Å². The number of hydroxylamine groups is 1. The summed E-state index contributed by atoms with van der Waals surface area (Å²) >= 11 is 0. The molecule has 0 aromatic heterocycles.